The lowest BCUT2D eigenvalue weighted by atomic mass is 9.99. The van der Waals surface area contributed by atoms with E-state index in [1.807, 2.05) is 0 Å². The van der Waals surface area contributed by atoms with Gasteiger partial charge in [-0.2, -0.15) is 0 Å². The highest BCUT2D eigenvalue weighted by molar-refractivity contribution is 5.76. The predicted molar refractivity (Wildman–Crippen MR) is 213 cm³/mol. The first-order valence-electron chi connectivity index (χ1n) is 22.3. The van der Waals surface area contributed by atoms with Gasteiger partial charge in [0.15, 0.2) is 0 Å². The fraction of sp³-hybridized carbons (Fsp3) is 0.977. The van der Waals surface area contributed by atoms with Crippen LogP contribution in [0.15, 0.2) is 0 Å². The van der Waals surface area contributed by atoms with Crippen molar-refractivity contribution in [1.82, 2.24) is 5.32 Å². The van der Waals surface area contributed by atoms with Crippen molar-refractivity contribution in [2.75, 3.05) is 6.61 Å². The molecule has 0 bridgehead atoms. The van der Waals surface area contributed by atoms with Gasteiger partial charge >= 0.3 is 0 Å². The molecule has 5 nitrogen and oxygen atoms in total. The highest BCUT2D eigenvalue weighted by Gasteiger charge is 2.26. The molecular formula is C44H89NO4. The summed E-state index contributed by atoms with van der Waals surface area (Å²) in [5.41, 5.74) is 0. The quantitative estimate of drug-likeness (QED) is 0.0479. The molecule has 294 valence electrons. The van der Waals surface area contributed by atoms with E-state index in [1.54, 1.807) is 0 Å². The SMILES string of the molecule is CCCCCCCCCCCCCCCCCCCCCCCCCCC(O)C(O)C(CO)NC(=O)CCCCCCCCCCCCC. The average molecular weight is 696 g/mol. The molecule has 0 aromatic carbocycles. The minimum Gasteiger partial charge on any atom is -0.394 e. The van der Waals surface area contributed by atoms with E-state index in [4.69, 9.17) is 0 Å². The zero-order chi connectivity index (χ0) is 35.9. The average Bonchev–Trinajstić information content (AvgIpc) is 3.10. The molecule has 3 unspecified atom stereocenters. The number of carbonyl (C=O) groups excluding carboxylic acids is 1. The minimum absolute atomic E-state index is 0.143. The number of unbranched alkanes of at least 4 members (excludes halogenated alkanes) is 33. The van der Waals surface area contributed by atoms with E-state index in [9.17, 15) is 20.1 Å². The molecule has 0 radical (unpaired) electrons. The zero-order valence-corrected chi connectivity index (χ0v) is 33.4. The normalized spacial score (nSPS) is 13.5. The van der Waals surface area contributed by atoms with E-state index in [2.05, 4.69) is 19.2 Å². The summed E-state index contributed by atoms with van der Waals surface area (Å²) in [7, 11) is 0. The Labute approximate surface area is 307 Å². The van der Waals surface area contributed by atoms with Gasteiger partial charge in [-0.15, -0.1) is 0 Å². The summed E-state index contributed by atoms with van der Waals surface area (Å²) in [4.78, 5) is 12.4. The fourth-order valence-corrected chi connectivity index (χ4v) is 7.22. The summed E-state index contributed by atoms with van der Waals surface area (Å²) in [5, 5.41) is 33.5. The molecule has 0 saturated carbocycles. The van der Waals surface area contributed by atoms with Crippen LogP contribution in [0.4, 0.5) is 0 Å². The summed E-state index contributed by atoms with van der Waals surface area (Å²) in [6, 6.07) is -0.801. The van der Waals surface area contributed by atoms with Crippen molar-refractivity contribution in [1.29, 1.82) is 0 Å². The van der Waals surface area contributed by atoms with Gasteiger partial charge in [0.2, 0.25) is 5.91 Å². The van der Waals surface area contributed by atoms with Crippen LogP contribution in [0.3, 0.4) is 0 Å². The lowest BCUT2D eigenvalue weighted by molar-refractivity contribution is -0.124. The number of hydrogen-bond donors (Lipinski definition) is 4. The summed E-state index contributed by atoms with van der Waals surface area (Å²) in [6.45, 7) is 4.18. The molecule has 1 amide bonds. The topological polar surface area (TPSA) is 89.8 Å². The molecule has 49 heavy (non-hydrogen) atoms. The largest absolute Gasteiger partial charge is 0.394 e. The molecule has 3 atom stereocenters. The lowest BCUT2D eigenvalue weighted by Gasteiger charge is -2.26. The third-order valence-corrected chi connectivity index (χ3v) is 10.7. The Morgan fingerprint density at radius 3 is 0.980 bits per heavy atom. The third-order valence-electron chi connectivity index (χ3n) is 10.7. The van der Waals surface area contributed by atoms with Crippen molar-refractivity contribution < 1.29 is 20.1 Å². The highest BCUT2D eigenvalue weighted by atomic mass is 16.3. The van der Waals surface area contributed by atoms with E-state index < -0.39 is 18.2 Å². The molecule has 0 aliphatic carbocycles. The van der Waals surface area contributed by atoms with Crippen LogP contribution in [0.2, 0.25) is 0 Å². The van der Waals surface area contributed by atoms with Crippen molar-refractivity contribution in [2.24, 2.45) is 0 Å². The number of rotatable bonds is 41. The summed E-state index contributed by atoms with van der Waals surface area (Å²) in [5.74, 6) is -0.143. The van der Waals surface area contributed by atoms with E-state index in [1.165, 1.54) is 193 Å². The van der Waals surface area contributed by atoms with Gasteiger partial charge in [0.25, 0.3) is 0 Å². The summed E-state index contributed by atoms with van der Waals surface area (Å²) in [6.07, 6.45) is 45.1. The molecular weight excluding hydrogens is 606 g/mol. The first-order chi connectivity index (χ1) is 24.1. The number of hydrogen-bond acceptors (Lipinski definition) is 4. The van der Waals surface area contributed by atoms with Gasteiger partial charge in [0, 0.05) is 6.42 Å². The standard InChI is InChI=1S/C44H89NO4/c1-3-5-7-9-11-13-15-16-17-18-19-20-21-22-23-24-25-26-27-29-30-32-34-36-38-42(47)44(49)41(40-46)45-43(48)39-37-35-33-31-28-14-12-10-8-6-4-2/h41-42,44,46-47,49H,3-40H2,1-2H3,(H,45,48). The predicted octanol–water partition coefficient (Wildman–Crippen LogP) is 12.7. The van der Waals surface area contributed by atoms with Gasteiger partial charge in [-0.1, -0.05) is 232 Å². The van der Waals surface area contributed by atoms with Gasteiger partial charge in [-0.25, -0.2) is 0 Å². The Kier molecular flexibility index (Phi) is 39.6. The molecule has 0 aromatic rings. The maximum absolute atomic E-state index is 12.4. The number of carbonyl (C=O) groups is 1. The molecule has 5 heteroatoms. The molecule has 0 saturated heterocycles. The van der Waals surface area contributed by atoms with Gasteiger partial charge in [-0.05, 0) is 12.8 Å². The Bertz CT molecular complexity index is 644. The Morgan fingerprint density at radius 2 is 0.694 bits per heavy atom. The second-order valence-electron chi connectivity index (χ2n) is 15.6. The van der Waals surface area contributed by atoms with Gasteiger partial charge < -0.3 is 20.6 Å². The smallest absolute Gasteiger partial charge is 0.220 e. The van der Waals surface area contributed by atoms with E-state index in [0.717, 1.165) is 32.1 Å². The summed E-state index contributed by atoms with van der Waals surface area (Å²) >= 11 is 0. The Morgan fingerprint density at radius 1 is 0.429 bits per heavy atom. The fourth-order valence-electron chi connectivity index (χ4n) is 7.22. The van der Waals surface area contributed by atoms with Crippen LogP contribution in [0.25, 0.3) is 0 Å². The molecule has 0 spiro atoms. The monoisotopic (exact) mass is 696 g/mol. The van der Waals surface area contributed by atoms with Crippen LogP contribution in [0.5, 0.6) is 0 Å². The molecule has 0 aliphatic rings. The highest BCUT2D eigenvalue weighted by Crippen LogP contribution is 2.17. The number of aliphatic hydroxyl groups excluding tert-OH is 3. The second-order valence-corrected chi connectivity index (χ2v) is 15.6. The van der Waals surface area contributed by atoms with Gasteiger partial charge in [0.05, 0.1) is 18.8 Å². The van der Waals surface area contributed by atoms with Crippen molar-refractivity contribution in [3.63, 3.8) is 0 Å². The van der Waals surface area contributed by atoms with Crippen LogP contribution in [0, 0.1) is 0 Å². The van der Waals surface area contributed by atoms with Crippen molar-refractivity contribution in [3.05, 3.63) is 0 Å². The number of nitrogens with one attached hydrogen (secondary N) is 1. The van der Waals surface area contributed by atoms with Crippen LogP contribution in [0.1, 0.15) is 251 Å². The molecule has 0 heterocycles. The third kappa shape index (κ3) is 35.5. The number of amides is 1. The molecule has 0 fully saturated rings. The van der Waals surface area contributed by atoms with Gasteiger partial charge in [-0.3, -0.25) is 4.79 Å². The minimum atomic E-state index is -1.13. The first kappa shape index (κ1) is 48.3. The van der Waals surface area contributed by atoms with Crippen molar-refractivity contribution >= 4 is 5.91 Å². The van der Waals surface area contributed by atoms with E-state index in [0.29, 0.717) is 12.8 Å². The molecule has 0 rings (SSSR count). The lowest BCUT2D eigenvalue weighted by Crippen LogP contribution is -2.50. The number of aliphatic hydroxyl groups is 3. The van der Waals surface area contributed by atoms with Crippen LogP contribution in [-0.2, 0) is 4.79 Å². The maximum atomic E-state index is 12.4. The Hall–Kier alpha value is -0.650. The van der Waals surface area contributed by atoms with Crippen molar-refractivity contribution in [2.45, 2.75) is 270 Å². The van der Waals surface area contributed by atoms with E-state index >= 15 is 0 Å². The van der Waals surface area contributed by atoms with Crippen LogP contribution < -0.4 is 5.32 Å². The van der Waals surface area contributed by atoms with Crippen LogP contribution >= 0.6 is 0 Å². The Balaban J connectivity index is 3.52. The van der Waals surface area contributed by atoms with Gasteiger partial charge in [0.1, 0.15) is 6.10 Å². The zero-order valence-electron chi connectivity index (χ0n) is 33.4. The second kappa shape index (κ2) is 40.1. The van der Waals surface area contributed by atoms with E-state index in [-0.39, 0.29) is 12.5 Å². The first-order valence-corrected chi connectivity index (χ1v) is 22.3. The molecule has 4 N–H and O–H groups in total. The van der Waals surface area contributed by atoms with Crippen LogP contribution in [-0.4, -0.2) is 46.1 Å². The van der Waals surface area contributed by atoms with Crippen molar-refractivity contribution in [3.8, 4) is 0 Å². The molecule has 0 aromatic heterocycles. The summed E-state index contributed by atoms with van der Waals surface area (Å²) < 4.78 is 0. The maximum Gasteiger partial charge on any atom is 0.220 e. The molecule has 0 aliphatic heterocycles.